The molecule has 1 saturated heterocycles. The minimum Gasteiger partial charge on any atom is -0.451 e. The van der Waals surface area contributed by atoms with Crippen molar-refractivity contribution in [2.24, 2.45) is 17.8 Å². The van der Waals surface area contributed by atoms with E-state index in [1.807, 2.05) is 0 Å². The van der Waals surface area contributed by atoms with Crippen LogP contribution in [0.4, 0.5) is 4.39 Å². The Labute approximate surface area is 120 Å². The average molecular weight is 300 g/mol. The molecule has 2 bridgehead atoms. The Morgan fingerprint density at radius 2 is 2.14 bits per heavy atom. The van der Waals surface area contributed by atoms with E-state index in [9.17, 15) is 18.8 Å². The van der Waals surface area contributed by atoms with Crippen LogP contribution in [0.2, 0.25) is 0 Å². The summed E-state index contributed by atoms with van der Waals surface area (Å²) in [5.41, 5.74) is -2.17. The van der Waals surface area contributed by atoms with Gasteiger partial charge < -0.3 is 14.2 Å². The maximum atomic E-state index is 13.3. The van der Waals surface area contributed by atoms with Gasteiger partial charge in [0.05, 0.1) is 11.8 Å². The summed E-state index contributed by atoms with van der Waals surface area (Å²) in [4.78, 5) is 34.8. The van der Waals surface area contributed by atoms with Gasteiger partial charge in [-0.15, -0.1) is 0 Å². The third kappa shape index (κ3) is 2.28. The predicted octanol–water partition coefficient (Wildman–Crippen LogP) is 1.12. The van der Waals surface area contributed by atoms with Gasteiger partial charge >= 0.3 is 17.9 Å². The van der Waals surface area contributed by atoms with Crippen molar-refractivity contribution in [1.29, 1.82) is 0 Å². The molecule has 3 aliphatic rings. The lowest BCUT2D eigenvalue weighted by atomic mass is 9.87. The zero-order chi connectivity index (χ0) is 15.4. The highest BCUT2D eigenvalue weighted by Crippen LogP contribution is 2.60. The average Bonchev–Trinajstić information content (AvgIpc) is 2.94. The normalized spacial score (nSPS) is 36.5. The van der Waals surface area contributed by atoms with Crippen LogP contribution in [0, 0.1) is 17.8 Å². The summed E-state index contributed by atoms with van der Waals surface area (Å²) in [7, 11) is 0. The second-order valence-corrected chi connectivity index (χ2v) is 6.51. The first-order chi connectivity index (χ1) is 9.71. The maximum absolute atomic E-state index is 13.3. The third-order valence-corrected chi connectivity index (χ3v) is 4.47. The predicted molar refractivity (Wildman–Crippen MR) is 65.4 cm³/mol. The fraction of sp³-hybridized carbons (Fsp3) is 0.786. The van der Waals surface area contributed by atoms with Crippen LogP contribution < -0.4 is 0 Å². The fourth-order valence-corrected chi connectivity index (χ4v) is 3.63. The molecule has 3 fully saturated rings. The molecule has 0 aromatic rings. The first kappa shape index (κ1) is 14.3. The number of halogens is 1. The summed E-state index contributed by atoms with van der Waals surface area (Å²) < 4.78 is 28.4. The summed E-state index contributed by atoms with van der Waals surface area (Å²) >= 11 is 0. The molecule has 4 unspecified atom stereocenters. The molecule has 2 saturated carbocycles. The maximum Gasteiger partial charge on any atom is 0.347 e. The van der Waals surface area contributed by atoms with E-state index in [4.69, 9.17) is 9.47 Å². The van der Waals surface area contributed by atoms with Gasteiger partial charge in [-0.3, -0.25) is 4.79 Å². The second kappa shape index (κ2) is 4.42. The van der Waals surface area contributed by atoms with Crippen molar-refractivity contribution in [2.75, 3.05) is 6.61 Å². The number of hydrogen-bond donors (Lipinski definition) is 0. The molecule has 1 heterocycles. The number of ether oxygens (including phenoxy) is 3. The third-order valence-electron chi connectivity index (χ3n) is 4.47. The van der Waals surface area contributed by atoms with Crippen molar-refractivity contribution in [3.05, 3.63) is 0 Å². The van der Waals surface area contributed by atoms with Crippen LogP contribution in [0.5, 0.6) is 0 Å². The molecule has 21 heavy (non-hydrogen) atoms. The van der Waals surface area contributed by atoms with Crippen LogP contribution in [0.25, 0.3) is 0 Å². The first-order valence-electron chi connectivity index (χ1n) is 7.02. The molecule has 0 aromatic carbocycles. The molecule has 0 aromatic heterocycles. The molecule has 6 nitrogen and oxygen atoms in total. The smallest absolute Gasteiger partial charge is 0.347 e. The van der Waals surface area contributed by atoms with E-state index in [1.54, 1.807) is 0 Å². The number of carbonyl (C=O) groups is 3. The molecule has 0 spiro atoms. The Kier molecular flexibility index (Phi) is 3.00. The van der Waals surface area contributed by atoms with Gasteiger partial charge in [0.2, 0.25) is 5.67 Å². The minimum absolute atomic E-state index is 0.104. The zero-order valence-corrected chi connectivity index (χ0v) is 11.9. The van der Waals surface area contributed by atoms with E-state index in [-0.39, 0.29) is 17.8 Å². The van der Waals surface area contributed by atoms with Gasteiger partial charge in [0, 0.05) is 6.42 Å². The van der Waals surface area contributed by atoms with Gasteiger partial charge in [0.1, 0.15) is 0 Å². The van der Waals surface area contributed by atoms with Crippen LogP contribution in [-0.4, -0.2) is 36.0 Å². The standard InChI is InChI=1S/C14H17FO6/c1-13(2,15)12(18)19-6-10(16)20-14-5-7-3-8(9(14)4-7)11(17)21-14/h7-9H,3-6H2,1-2H3. The lowest BCUT2D eigenvalue weighted by Gasteiger charge is -2.29. The molecule has 0 amide bonds. The van der Waals surface area contributed by atoms with Crippen molar-refractivity contribution in [1.82, 2.24) is 0 Å². The Balaban J connectivity index is 1.59. The van der Waals surface area contributed by atoms with E-state index in [0.717, 1.165) is 26.7 Å². The Morgan fingerprint density at radius 3 is 2.76 bits per heavy atom. The van der Waals surface area contributed by atoms with Crippen LogP contribution in [0.1, 0.15) is 33.1 Å². The van der Waals surface area contributed by atoms with E-state index in [1.165, 1.54) is 0 Å². The van der Waals surface area contributed by atoms with Crippen LogP contribution >= 0.6 is 0 Å². The summed E-state index contributed by atoms with van der Waals surface area (Å²) in [5, 5.41) is 0. The van der Waals surface area contributed by atoms with Crippen molar-refractivity contribution in [2.45, 2.75) is 44.6 Å². The molecule has 2 aliphatic carbocycles. The van der Waals surface area contributed by atoms with E-state index >= 15 is 0 Å². The van der Waals surface area contributed by atoms with E-state index in [2.05, 4.69) is 4.74 Å². The van der Waals surface area contributed by atoms with Crippen molar-refractivity contribution < 1.29 is 33.0 Å². The Morgan fingerprint density at radius 1 is 1.43 bits per heavy atom. The number of alkyl halides is 1. The van der Waals surface area contributed by atoms with Gasteiger partial charge in [-0.25, -0.2) is 14.0 Å². The summed E-state index contributed by atoms with van der Waals surface area (Å²) in [6.45, 7) is 1.39. The number of hydrogen-bond acceptors (Lipinski definition) is 6. The molecule has 116 valence electrons. The van der Waals surface area contributed by atoms with Gasteiger partial charge in [-0.05, 0) is 32.6 Å². The molecule has 1 aliphatic heterocycles. The summed E-state index contributed by atoms with van der Waals surface area (Å²) in [6.07, 6.45) is 2.09. The summed E-state index contributed by atoms with van der Waals surface area (Å²) in [6, 6.07) is 0. The van der Waals surface area contributed by atoms with Crippen molar-refractivity contribution in [3.8, 4) is 0 Å². The highest BCUT2D eigenvalue weighted by Gasteiger charge is 2.68. The molecule has 0 N–H and O–H groups in total. The highest BCUT2D eigenvalue weighted by molar-refractivity contribution is 5.82. The number of fused-ring (bicyclic) bond motifs is 1. The lowest BCUT2D eigenvalue weighted by molar-refractivity contribution is -0.225. The van der Waals surface area contributed by atoms with Gasteiger partial charge in [-0.1, -0.05) is 0 Å². The van der Waals surface area contributed by atoms with E-state index in [0.29, 0.717) is 12.3 Å². The molecule has 7 heteroatoms. The fourth-order valence-electron chi connectivity index (χ4n) is 3.63. The van der Waals surface area contributed by atoms with Gasteiger partial charge in [0.15, 0.2) is 6.61 Å². The monoisotopic (exact) mass is 300 g/mol. The quantitative estimate of drug-likeness (QED) is 0.724. The molecule has 0 radical (unpaired) electrons. The van der Waals surface area contributed by atoms with E-state index < -0.39 is 30.0 Å². The topological polar surface area (TPSA) is 78.9 Å². The molecule has 3 rings (SSSR count). The molecule has 4 atom stereocenters. The zero-order valence-electron chi connectivity index (χ0n) is 11.9. The van der Waals surface area contributed by atoms with Gasteiger partial charge in [0.25, 0.3) is 5.79 Å². The lowest BCUT2D eigenvalue weighted by Crippen LogP contribution is -2.41. The highest BCUT2D eigenvalue weighted by atomic mass is 19.1. The van der Waals surface area contributed by atoms with Crippen molar-refractivity contribution >= 4 is 17.9 Å². The van der Waals surface area contributed by atoms with Gasteiger partial charge in [-0.2, -0.15) is 0 Å². The van der Waals surface area contributed by atoms with Crippen LogP contribution in [-0.2, 0) is 28.6 Å². The Hall–Kier alpha value is -1.66. The number of esters is 3. The number of carbonyl (C=O) groups excluding carboxylic acids is 3. The largest absolute Gasteiger partial charge is 0.451 e. The van der Waals surface area contributed by atoms with Crippen LogP contribution in [0.15, 0.2) is 0 Å². The summed E-state index contributed by atoms with van der Waals surface area (Å²) in [5.74, 6) is -3.45. The number of rotatable bonds is 4. The minimum atomic E-state index is -2.17. The van der Waals surface area contributed by atoms with Crippen molar-refractivity contribution in [3.63, 3.8) is 0 Å². The SMILES string of the molecule is CC(C)(F)C(=O)OCC(=O)OC12CC3CC(C(=O)O1)C2C3. The Bertz CT molecular complexity index is 510. The van der Waals surface area contributed by atoms with Crippen LogP contribution in [0.3, 0.4) is 0 Å². The molecular formula is C14H17FO6. The first-order valence-corrected chi connectivity index (χ1v) is 7.02. The second-order valence-electron chi connectivity index (χ2n) is 6.51. The molecular weight excluding hydrogens is 283 g/mol.